The van der Waals surface area contributed by atoms with Crippen LogP contribution >= 0.6 is 22.9 Å². The molecular formula is C20H26ClN3O4S. The van der Waals surface area contributed by atoms with E-state index in [1.54, 1.807) is 72.0 Å². The predicted octanol–water partition coefficient (Wildman–Crippen LogP) is 6.09. The summed E-state index contributed by atoms with van der Waals surface area (Å²) >= 11 is 7.22. The van der Waals surface area contributed by atoms with E-state index in [0.717, 1.165) is 9.78 Å². The Balaban J connectivity index is 2.36. The van der Waals surface area contributed by atoms with Crippen molar-refractivity contribution in [2.75, 3.05) is 10.2 Å². The van der Waals surface area contributed by atoms with E-state index in [9.17, 15) is 9.59 Å². The Morgan fingerprint density at radius 1 is 1.07 bits per heavy atom. The Hall–Kier alpha value is -2.32. The third-order valence-corrected chi connectivity index (χ3v) is 4.39. The molecule has 7 nitrogen and oxygen atoms in total. The van der Waals surface area contributed by atoms with E-state index in [0.29, 0.717) is 22.4 Å². The quantitative estimate of drug-likeness (QED) is 0.621. The van der Waals surface area contributed by atoms with E-state index in [1.807, 2.05) is 0 Å². The first-order chi connectivity index (χ1) is 13.4. The van der Waals surface area contributed by atoms with Crippen LogP contribution in [0, 0.1) is 0 Å². The summed E-state index contributed by atoms with van der Waals surface area (Å²) in [6.07, 6.45) is 0.0333. The fourth-order valence-corrected chi connectivity index (χ4v) is 3.17. The van der Waals surface area contributed by atoms with Gasteiger partial charge in [-0.05, 0) is 53.7 Å². The average molecular weight is 440 g/mol. The van der Waals surface area contributed by atoms with Crippen molar-refractivity contribution in [2.24, 2.45) is 0 Å². The van der Waals surface area contributed by atoms with Crippen molar-refractivity contribution in [3.05, 3.63) is 39.8 Å². The van der Waals surface area contributed by atoms with Gasteiger partial charge in [0.05, 0.1) is 17.9 Å². The van der Waals surface area contributed by atoms with Crippen LogP contribution in [0.1, 0.15) is 46.4 Å². The van der Waals surface area contributed by atoms with Gasteiger partial charge in [-0.3, -0.25) is 0 Å². The monoisotopic (exact) mass is 439 g/mol. The molecule has 0 unspecified atom stereocenters. The minimum atomic E-state index is -0.818. The fraction of sp³-hybridized carbons (Fsp3) is 0.450. The molecule has 0 saturated heterocycles. The van der Waals surface area contributed by atoms with Gasteiger partial charge in [-0.25, -0.2) is 14.6 Å². The van der Waals surface area contributed by atoms with Crippen LogP contribution in [0.2, 0.25) is 4.47 Å². The van der Waals surface area contributed by atoms with Gasteiger partial charge in [0.15, 0.2) is 4.47 Å². The normalized spacial score (nSPS) is 11.7. The number of nitrogens with one attached hydrogen (secondary N) is 1. The van der Waals surface area contributed by atoms with Gasteiger partial charge in [0, 0.05) is 11.1 Å². The first-order valence-corrected chi connectivity index (χ1v) is 10.2. The lowest BCUT2D eigenvalue weighted by molar-refractivity contribution is 0.0431. The number of carbonyl (C=O) groups excluding carboxylic acids is 2. The number of hydrogen-bond donors (Lipinski definition) is 1. The summed E-state index contributed by atoms with van der Waals surface area (Å²) < 4.78 is 11.3. The number of carbonyl (C=O) groups is 2. The Bertz CT molecular complexity index is 843. The fourth-order valence-electron chi connectivity index (χ4n) is 2.25. The van der Waals surface area contributed by atoms with Crippen molar-refractivity contribution in [3.63, 3.8) is 0 Å². The Morgan fingerprint density at radius 3 is 2.10 bits per heavy atom. The van der Waals surface area contributed by atoms with Crippen LogP contribution in [0.5, 0.6) is 0 Å². The minimum Gasteiger partial charge on any atom is -0.443 e. The van der Waals surface area contributed by atoms with Crippen molar-refractivity contribution in [3.8, 4) is 0 Å². The number of halogens is 1. The number of hydrogen-bond acceptors (Lipinski definition) is 7. The maximum absolute atomic E-state index is 12.9. The predicted molar refractivity (Wildman–Crippen MR) is 116 cm³/mol. The van der Waals surface area contributed by atoms with E-state index in [2.05, 4.69) is 10.3 Å². The first kappa shape index (κ1) is 23.0. The number of thiazole rings is 1. The van der Waals surface area contributed by atoms with Gasteiger partial charge in [0.1, 0.15) is 11.2 Å². The number of nitrogens with zero attached hydrogens (tertiary/aromatic N) is 2. The molecule has 0 spiro atoms. The lowest BCUT2D eigenvalue weighted by atomic mass is 10.2. The summed E-state index contributed by atoms with van der Waals surface area (Å²) in [6, 6.07) is 6.94. The molecule has 0 aliphatic rings. The summed E-state index contributed by atoms with van der Waals surface area (Å²) in [5.41, 5.74) is -0.668. The second-order valence-corrected chi connectivity index (χ2v) is 9.94. The van der Waals surface area contributed by atoms with Gasteiger partial charge in [-0.1, -0.05) is 23.7 Å². The van der Waals surface area contributed by atoms with Crippen LogP contribution in [0.15, 0.2) is 30.5 Å². The summed E-state index contributed by atoms with van der Waals surface area (Å²) in [5.74, 6) is 0. The molecule has 29 heavy (non-hydrogen) atoms. The third-order valence-electron chi connectivity index (χ3n) is 3.28. The zero-order chi connectivity index (χ0) is 21.8. The molecule has 2 amide bonds. The molecule has 158 valence electrons. The van der Waals surface area contributed by atoms with Crippen molar-refractivity contribution in [1.82, 2.24) is 4.98 Å². The topological polar surface area (TPSA) is 80.8 Å². The van der Waals surface area contributed by atoms with E-state index in [-0.39, 0.29) is 0 Å². The highest BCUT2D eigenvalue weighted by molar-refractivity contribution is 7.15. The largest absolute Gasteiger partial charge is 0.443 e. The molecule has 2 rings (SSSR count). The summed E-state index contributed by atoms with van der Waals surface area (Å²) in [7, 11) is 0. The molecule has 0 atom stereocenters. The maximum atomic E-state index is 12.9. The number of aromatic nitrogens is 1. The second kappa shape index (κ2) is 9.00. The molecule has 0 saturated carbocycles. The van der Waals surface area contributed by atoms with Crippen LogP contribution in [0.4, 0.5) is 21.0 Å². The SMILES string of the molecule is CC(C)(C)OC(=O)N(C(=O)OC(C)(C)C)c1ccccc1NCc1cnc(Cl)s1. The summed E-state index contributed by atoms with van der Waals surface area (Å²) in [4.78, 5) is 31.6. The summed E-state index contributed by atoms with van der Waals surface area (Å²) in [6.45, 7) is 10.8. The van der Waals surface area contributed by atoms with Crippen molar-refractivity contribution >= 4 is 46.5 Å². The van der Waals surface area contributed by atoms with Crippen LogP contribution in [-0.2, 0) is 16.0 Å². The van der Waals surface area contributed by atoms with E-state index in [4.69, 9.17) is 21.1 Å². The number of imide groups is 1. The lowest BCUT2D eigenvalue weighted by Gasteiger charge is -2.29. The van der Waals surface area contributed by atoms with Crippen molar-refractivity contribution in [2.45, 2.75) is 59.3 Å². The minimum absolute atomic E-state index is 0.326. The van der Waals surface area contributed by atoms with E-state index >= 15 is 0 Å². The molecule has 0 aliphatic carbocycles. The van der Waals surface area contributed by atoms with Crippen LogP contribution in [0.25, 0.3) is 0 Å². The Kier molecular flexibility index (Phi) is 7.13. The highest BCUT2D eigenvalue weighted by atomic mass is 35.5. The molecule has 1 aromatic carbocycles. The number of para-hydroxylation sites is 2. The molecule has 1 aromatic heterocycles. The molecule has 1 heterocycles. The number of anilines is 2. The maximum Gasteiger partial charge on any atom is 0.424 e. The first-order valence-electron chi connectivity index (χ1n) is 9.05. The second-order valence-electron chi connectivity index (χ2n) is 8.25. The molecule has 1 N–H and O–H groups in total. The molecule has 9 heteroatoms. The molecule has 0 aliphatic heterocycles. The number of amides is 2. The third kappa shape index (κ3) is 7.21. The zero-order valence-electron chi connectivity index (χ0n) is 17.4. The van der Waals surface area contributed by atoms with Crippen LogP contribution in [0.3, 0.4) is 0 Å². The van der Waals surface area contributed by atoms with Gasteiger partial charge in [-0.2, -0.15) is 4.90 Å². The van der Waals surface area contributed by atoms with Crippen molar-refractivity contribution < 1.29 is 19.1 Å². The van der Waals surface area contributed by atoms with Gasteiger partial charge >= 0.3 is 12.2 Å². The van der Waals surface area contributed by atoms with Crippen LogP contribution in [-0.4, -0.2) is 28.4 Å². The van der Waals surface area contributed by atoms with Crippen molar-refractivity contribution in [1.29, 1.82) is 0 Å². The molecular weight excluding hydrogens is 414 g/mol. The smallest absolute Gasteiger partial charge is 0.424 e. The number of benzene rings is 1. The molecule has 0 fully saturated rings. The van der Waals surface area contributed by atoms with E-state index < -0.39 is 23.4 Å². The molecule has 2 aromatic rings. The van der Waals surface area contributed by atoms with Gasteiger partial charge in [0.25, 0.3) is 0 Å². The van der Waals surface area contributed by atoms with Gasteiger partial charge < -0.3 is 14.8 Å². The van der Waals surface area contributed by atoms with Gasteiger partial charge in [-0.15, -0.1) is 11.3 Å². The molecule has 0 radical (unpaired) electrons. The average Bonchev–Trinajstić information content (AvgIpc) is 2.96. The Labute approximate surface area is 180 Å². The Morgan fingerprint density at radius 2 is 1.62 bits per heavy atom. The highest BCUT2D eigenvalue weighted by Gasteiger charge is 2.33. The van der Waals surface area contributed by atoms with E-state index in [1.165, 1.54) is 11.3 Å². The lowest BCUT2D eigenvalue weighted by Crippen LogP contribution is -2.44. The van der Waals surface area contributed by atoms with Gasteiger partial charge in [0.2, 0.25) is 0 Å². The summed E-state index contributed by atoms with van der Waals surface area (Å²) in [5, 5.41) is 3.21. The zero-order valence-corrected chi connectivity index (χ0v) is 19.0. The number of rotatable bonds is 4. The molecule has 0 bridgehead atoms. The van der Waals surface area contributed by atoms with Crippen LogP contribution < -0.4 is 10.2 Å². The number of ether oxygens (including phenoxy) is 2. The highest BCUT2D eigenvalue weighted by Crippen LogP contribution is 2.30. The standard InChI is InChI=1S/C20H26ClN3O4S/c1-19(2,3)27-17(25)24(18(26)28-20(4,5)6)15-10-8-7-9-14(15)22-11-13-12-23-16(21)29-13/h7-10,12,22H,11H2,1-6H3.